The summed E-state index contributed by atoms with van der Waals surface area (Å²) in [6.07, 6.45) is 5.03. The van der Waals surface area contributed by atoms with Gasteiger partial charge in [0.15, 0.2) is 0 Å². The van der Waals surface area contributed by atoms with Crippen molar-refractivity contribution in [3.63, 3.8) is 0 Å². The monoisotopic (exact) mass is 340 g/mol. The molecule has 1 aromatic rings. The van der Waals surface area contributed by atoms with Gasteiger partial charge in [0, 0.05) is 22.6 Å². The maximum Gasteiger partial charge on any atom is 0.269 e. The van der Waals surface area contributed by atoms with Crippen LogP contribution in [0, 0.1) is 0 Å². The number of hydrogen-bond donors (Lipinski definition) is 1. The van der Waals surface area contributed by atoms with E-state index in [0.29, 0.717) is 22.3 Å². The normalized spacial score (nSPS) is 13.4. The van der Waals surface area contributed by atoms with Gasteiger partial charge in [-0.3, -0.25) is 9.79 Å². The molecule has 0 aliphatic heterocycles. The molecule has 0 heterocycles. The van der Waals surface area contributed by atoms with Gasteiger partial charge in [0.05, 0.1) is 0 Å². The van der Waals surface area contributed by atoms with E-state index >= 15 is 0 Å². The molecule has 1 N–H and O–H groups in total. The summed E-state index contributed by atoms with van der Waals surface area (Å²) in [6, 6.07) is 5.49. The van der Waals surface area contributed by atoms with E-state index in [2.05, 4.69) is 10.3 Å². The Morgan fingerprint density at radius 2 is 2.00 bits per heavy atom. The van der Waals surface area contributed by atoms with Crippen LogP contribution in [0.3, 0.4) is 0 Å². The standard InChI is InChI=1S/C17H22Cl2N2O/c1-4-7-16(17(22)20-5-2)21-12(3)10-11-13-14(18)8-6-9-15(13)19/h4,6-9,12H,5,10-11H2,1-3H3,(H,20,22)/b7-4-,21-16?. The van der Waals surface area contributed by atoms with E-state index in [9.17, 15) is 4.79 Å². The number of nitrogens with one attached hydrogen (secondary N) is 1. The minimum Gasteiger partial charge on any atom is -0.351 e. The van der Waals surface area contributed by atoms with Crippen molar-refractivity contribution in [2.24, 2.45) is 4.99 Å². The van der Waals surface area contributed by atoms with Crippen LogP contribution in [-0.2, 0) is 11.2 Å². The van der Waals surface area contributed by atoms with Crippen molar-refractivity contribution in [2.75, 3.05) is 6.54 Å². The van der Waals surface area contributed by atoms with Crippen molar-refractivity contribution in [3.8, 4) is 0 Å². The lowest BCUT2D eigenvalue weighted by Crippen LogP contribution is -2.30. The molecule has 1 rings (SSSR count). The fraction of sp³-hybridized carbons (Fsp3) is 0.412. The number of rotatable bonds is 7. The Morgan fingerprint density at radius 1 is 1.36 bits per heavy atom. The molecule has 1 unspecified atom stereocenters. The van der Waals surface area contributed by atoms with Crippen LogP contribution >= 0.6 is 23.2 Å². The lowest BCUT2D eigenvalue weighted by Gasteiger charge is -2.11. The van der Waals surface area contributed by atoms with Crippen molar-refractivity contribution in [1.82, 2.24) is 5.32 Å². The number of aliphatic imine (C=N–C) groups is 1. The number of allylic oxidation sites excluding steroid dienone is 1. The van der Waals surface area contributed by atoms with E-state index in [4.69, 9.17) is 23.2 Å². The maximum absolute atomic E-state index is 11.9. The highest BCUT2D eigenvalue weighted by molar-refractivity contribution is 6.43. The summed E-state index contributed by atoms with van der Waals surface area (Å²) < 4.78 is 0. The van der Waals surface area contributed by atoms with Gasteiger partial charge in [-0.15, -0.1) is 0 Å². The summed E-state index contributed by atoms with van der Waals surface area (Å²) >= 11 is 12.3. The second-order valence-electron chi connectivity index (χ2n) is 4.96. The summed E-state index contributed by atoms with van der Waals surface area (Å²) in [5.74, 6) is -0.150. The third-order valence-electron chi connectivity index (χ3n) is 3.13. The molecule has 0 bridgehead atoms. The molecular formula is C17H22Cl2N2O. The number of carbonyl (C=O) groups excluding carboxylic acids is 1. The van der Waals surface area contributed by atoms with Gasteiger partial charge in [0.1, 0.15) is 5.71 Å². The van der Waals surface area contributed by atoms with Crippen LogP contribution in [0.2, 0.25) is 10.0 Å². The Bertz CT molecular complexity index is 548. The van der Waals surface area contributed by atoms with E-state index < -0.39 is 0 Å². The lowest BCUT2D eigenvalue weighted by atomic mass is 10.1. The van der Waals surface area contributed by atoms with Gasteiger partial charge in [0.25, 0.3) is 5.91 Å². The molecule has 1 aromatic carbocycles. The number of hydrogen-bond acceptors (Lipinski definition) is 2. The number of halogens is 2. The molecule has 1 amide bonds. The van der Waals surface area contributed by atoms with Crippen molar-refractivity contribution in [2.45, 2.75) is 39.7 Å². The van der Waals surface area contributed by atoms with Gasteiger partial charge in [-0.05, 0) is 57.4 Å². The van der Waals surface area contributed by atoms with Crippen molar-refractivity contribution >= 4 is 34.8 Å². The fourth-order valence-electron chi connectivity index (χ4n) is 2.01. The van der Waals surface area contributed by atoms with Crippen LogP contribution in [0.1, 0.15) is 32.8 Å². The first-order valence-corrected chi connectivity index (χ1v) is 8.16. The summed E-state index contributed by atoms with van der Waals surface area (Å²) in [6.45, 7) is 6.31. The topological polar surface area (TPSA) is 41.5 Å². The molecule has 1 atom stereocenters. The van der Waals surface area contributed by atoms with Gasteiger partial charge in [-0.1, -0.05) is 35.3 Å². The van der Waals surface area contributed by atoms with Crippen LogP contribution in [-0.4, -0.2) is 24.2 Å². The SMILES string of the molecule is C/C=C\C(=NC(C)CCc1c(Cl)cccc1Cl)C(=O)NCC. The van der Waals surface area contributed by atoms with E-state index in [0.717, 1.165) is 18.4 Å². The van der Waals surface area contributed by atoms with Gasteiger partial charge in [-0.2, -0.15) is 0 Å². The summed E-state index contributed by atoms with van der Waals surface area (Å²) in [7, 11) is 0. The van der Waals surface area contributed by atoms with Gasteiger partial charge in [0.2, 0.25) is 0 Å². The summed E-state index contributed by atoms with van der Waals surface area (Å²) in [5, 5.41) is 4.10. The van der Waals surface area contributed by atoms with Crippen LogP contribution in [0.25, 0.3) is 0 Å². The third-order valence-corrected chi connectivity index (χ3v) is 3.84. The average Bonchev–Trinajstić information content (AvgIpc) is 2.46. The zero-order valence-electron chi connectivity index (χ0n) is 13.2. The molecule has 0 saturated carbocycles. The number of amides is 1. The van der Waals surface area contributed by atoms with Crippen LogP contribution in [0.4, 0.5) is 0 Å². The van der Waals surface area contributed by atoms with E-state index in [1.54, 1.807) is 6.08 Å². The maximum atomic E-state index is 11.9. The first-order valence-electron chi connectivity index (χ1n) is 7.41. The van der Waals surface area contributed by atoms with Crippen molar-refractivity contribution in [1.29, 1.82) is 0 Å². The highest BCUT2D eigenvalue weighted by atomic mass is 35.5. The van der Waals surface area contributed by atoms with Crippen LogP contribution < -0.4 is 5.32 Å². The Hall–Kier alpha value is -1.32. The van der Waals surface area contributed by atoms with E-state index in [1.807, 2.05) is 45.0 Å². The molecule has 0 aliphatic carbocycles. The Labute approximate surface area is 142 Å². The third kappa shape index (κ3) is 5.82. The highest BCUT2D eigenvalue weighted by Crippen LogP contribution is 2.26. The number of benzene rings is 1. The minimum absolute atomic E-state index is 0.00106. The molecule has 0 saturated heterocycles. The first-order chi connectivity index (χ1) is 10.5. The zero-order chi connectivity index (χ0) is 16.5. The first kappa shape index (κ1) is 18.7. The van der Waals surface area contributed by atoms with Crippen LogP contribution in [0.15, 0.2) is 35.3 Å². The molecule has 5 heteroatoms. The second kappa shape index (κ2) is 9.65. The van der Waals surface area contributed by atoms with E-state index in [-0.39, 0.29) is 11.9 Å². The molecule has 120 valence electrons. The number of nitrogens with zero attached hydrogens (tertiary/aromatic N) is 1. The Balaban J connectivity index is 2.76. The lowest BCUT2D eigenvalue weighted by molar-refractivity contribution is -0.114. The average molecular weight is 341 g/mol. The molecule has 0 spiro atoms. The zero-order valence-corrected chi connectivity index (χ0v) is 14.7. The minimum atomic E-state index is -0.150. The van der Waals surface area contributed by atoms with Gasteiger partial charge < -0.3 is 5.32 Å². The molecule has 0 fully saturated rings. The number of carbonyl (C=O) groups is 1. The fourth-order valence-corrected chi connectivity index (χ4v) is 2.60. The van der Waals surface area contributed by atoms with Crippen LogP contribution in [0.5, 0.6) is 0 Å². The quantitative estimate of drug-likeness (QED) is 0.731. The predicted molar refractivity (Wildman–Crippen MR) is 95.2 cm³/mol. The second-order valence-corrected chi connectivity index (χ2v) is 5.78. The Morgan fingerprint density at radius 3 is 2.55 bits per heavy atom. The van der Waals surface area contributed by atoms with E-state index in [1.165, 1.54) is 0 Å². The highest BCUT2D eigenvalue weighted by Gasteiger charge is 2.11. The molecule has 0 aliphatic rings. The smallest absolute Gasteiger partial charge is 0.269 e. The summed E-state index contributed by atoms with van der Waals surface area (Å²) in [4.78, 5) is 16.4. The largest absolute Gasteiger partial charge is 0.351 e. The summed E-state index contributed by atoms with van der Waals surface area (Å²) in [5.41, 5.74) is 1.38. The molecule has 3 nitrogen and oxygen atoms in total. The van der Waals surface area contributed by atoms with Crippen molar-refractivity contribution in [3.05, 3.63) is 46.0 Å². The molecule has 0 radical (unpaired) electrons. The Kier molecular flexibility index (Phi) is 8.21. The van der Waals surface area contributed by atoms with Crippen molar-refractivity contribution < 1.29 is 4.79 Å². The molecular weight excluding hydrogens is 319 g/mol. The van der Waals surface area contributed by atoms with Gasteiger partial charge >= 0.3 is 0 Å². The van der Waals surface area contributed by atoms with Gasteiger partial charge in [-0.25, -0.2) is 0 Å². The molecule has 0 aromatic heterocycles. The molecule has 22 heavy (non-hydrogen) atoms. The predicted octanol–water partition coefficient (Wildman–Crippen LogP) is 4.47.